The van der Waals surface area contributed by atoms with E-state index in [-0.39, 0.29) is 30.2 Å². The third kappa shape index (κ3) is 5.03. The Bertz CT molecular complexity index is 1140. The van der Waals surface area contributed by atoms with Crippen molar-refractivity contribution in [3.8, 4) is 23.0 Å². The van der Waals surface area contributed by atoms with Crippen molar-refractivity contribution in [1.82, 2.24) is 15.6 Å². The molecular weight excluding hydrogens is 442 g/mol. The van der Waals surface area contributed by atoms with Crippen molar-refractivity contribution in [2.75, 3.05) is 26.6 Å². The van der Waals surface area contributed by atoms with Crippen LogP contribution in [0.1, 0.15) is 23.2 Å². The van der Waals surface area contributed by atoms with E-state index in [1.165, 1.54) is 30.3 Å². The molecule has 0 spiro atoms. The molecule has 0 atom stereocenters. The summed E-state index contributed by atoms with van der Waals surface area (Å²) < 4.78 is 48.7. The number of carbonyl (C=O) groups is 2. The Morgan fingerprint density at radius 3 is 2.38 bits per heavy atom. The molecule has 0 unspecified atom stereocenters. The minimum Gasteiger partial charge on any atom is -0.490 e. The fourth-order valence-electron chi connectivity index (χ4n) is 2.99. The van der Waals surface area contributed by atoms with Crippen LogP contribution in [-0.4, -0.2) is 46.8 Å². The van der Waals surface area contributed by atoms with Crippen molar-refractivity contribution in [3.63, 3.8) is 0 Å². The van der Waals surface area contributed by atoms with E-state index in [9.17, 15) is 18.0 Å². The van der Waals surface area contributed by atoms with Gasteiger partial charge in [0.1, 0.15) is 0 Å². The van der Waals surface area contributed by atoms with Gasteiger partial charge in [0.05, 0.1) is 18.1 Å². The van der Waals surface area contributed by atoms with Crippen LogP contribution in [0.15, 0.2) is 41.3 Å². The Morgan fingerprint density at radius 1 is 0.844 bits per heavy atom. The summed E-state index contributed by atoms with van der Waals surface area (Å²) in [6.45, 7) is 0.849. The van der Waals surface area contributed by atoms with E-state index in [0.717, 1.165) is 0 Å². The van der Waals surface area contributed by atoms with E-state index in [2.05, 4.69) is 15.6 Å². The van der Waals surface area contributed by atoms with Crippen LogP contribution in [-0.2, 0) is 14.8 Å². The zero-order valence-electron chi connectivity index (χ0n) is 16.9. The first-order valence-electron chi connectivity index (χ1n) is 9.80. The Kier molecular flexibility index (Phi) is 6.32. The lowest BCUT2D eigenvalue weighted by Gasteiger charge is -2.11. The highest BCUT2D eigenvalue weighted by Crippen LogP contribution is 2.33. The fraction of sp³-hybridized carbons (Fsp3) is 0.300. The highest BCUT2D eigenvalue weighted by atomic mass is 32.2. The van der Waals surface area contributed by atoms with Gasteiger partial charge in [-0.1, -0.05) is 0 Å². The van der Waals surface area contributed by atoms with E-state index in [1.807, 2.05) is 0 Å². The molecule has 2 aliphatic rings. The summed E-state index contributed by atoms with van der Waals surface area (Å²) >= 11 is 0. The molecule has 0 fully saturated rings. The summed E-state index contributed by atoms with van der Waals surface area (Å²) in [5.74, 6) is 0.692. The number of hydrogen-bond donors (Lipinski definition) is 3. The number of nitrogens with one attached hydrogen (secondary N) is 3. The van der Waals surface area contributed by atoms with E-state index < -0.39 is 21.8 Å². The number of rotatable bonds is 6. The number of ether oxygens (including phenoxy) is 4. The van der Waals surface area contributed by atoms with Gasteiger partial charge in [-0.05, 0) is 30.3 Å². The highest BCUT2D eigenvalue weighted by molar-refractivity contribution is 7.89. The van der Waals surface area contributed by atoms with Gasteiger partial charge in [-0.25, -0.2) is 13.1 Å². The lowest BCUT2D eigenvalue weighted by Crippen LogP contribution is -2.42. The van der Waals surface area contributed by atoms with Crippen molar-refractivity contribution in [2.24, 2.45) is 0 Å². The maximum absolute atomic E-state index is 12.5. The fourth-order valence-corrected chi connectivity index (χ4v) is 4.04. The van der Waals surface area contributed by atoms with Crippen LogP contribution in [0.2, 0.25) is 0 Å². The lowest BCUT2D eigenvalue weighted by molar-refractivity contribution is -0.121. The lowest BCUT2D eigenvalue weighted by atomic mass is 10.2. The second-order valence-corrected chi connectivity index (χ2v) is 8.64. The molecule has 2 aromatic carbocycles. The SMILES string of the molecule is O=C(CCNS(=O)(=O)c1ccc2c(c1)OCCCO2)NNC(=O)c1ccc2c(c1)OCO2. The van der Waals surface area contributed by atoms with Crippen molar-refractivity contribution >= 4 is 21.8 Å². The van der Waals surface area contributed by atoms with Gasteiger partial charge < -0.3 is 18.9 Å². The molecular formula is C20H21N3O8S. The molecule has 0 saturated heterocycles. The van der Waals surface area contributed by atoms with Crippen LogP contribution in [0.4, 0.5) is 0 Å². The monoisotopic (exact) mass is 463 g/mol. The molecule has 2 aliphatic heterocycles. The minimum absolute atomic E-state index is 0.00160. The maximum atomic E-state index is 12.5. The molecule has 0 saturated carbocycles. The van der Waals surface area contributed by atoms with Crippen molar-refractivity contribution in [1.29, 1.82) is 0 Å². The van der Waals surface area contributed by atoms with E-state index in [4.69, 9.17) is 18.9 Å². The first-order chi connectivity index (χ1) is 15.4. The summed E-state index contributed by atoms with van der Waals surface area (Å²) in [6.07, 6.45) is 0.514. The quantitative estimate of drug-likeness (QED) is 0.532. The van der Waals surface area contributed by atoms with Crippen LogP contribution in [0.3, 0.4) is 0 Å². The second-order valence-electron chi connectivity index (χ2n) is 6.88. The van der Waals surface area contributed by atoms with Crippen LogP contribution in [0, 0.1) is 0 Å². The number of benzene rings is 2. The average molecular weight is 463 g/mol. The first-order valence-corrected chi connectivity index (χ1v) is 11.3. The summed E-state index contributed by atoms with van der Waals surface area (Å²) in [5, 5.41) is 0. The Morgan fingerprint density at radius 2 is 1.53 bits per heavy atom. The van der Waals surface area contributed by atoms with Gasteiger partial charge in [-0.15, -0.1) is 0 Å². The molecule has 32 heavy (non-hydrogen) atoms. The maximum Gasteiger partial charge on any atom is 0.269 e. The van der Waals surface area contributed by atoms with Crippen LogP contribution < -0.4 is 34.5 Å². The third-order valence-corrected chi connectivity index (χ3v) is 6.08. The highest BCUT2D eigenvalue weighted by Gasteiger charge is 2.19. The Balaban J connectivity index is 1.25. The zero-order valence-corrected chi connectivity index (χ0v) is 17.7. The third-order valence-electron chi connectivity index (χ3n) is 4.62. The smallest absolute Gasteiger partial charge is 0.269 e. The van der Waals surface area contributed by atoms with Crippen molar-refractivity contribution in [3.05, 3.63) is 42.0 Å². The van der Waals surface area contributed by atoms with E-state index in [0.29, 0.717) is 42.6 Å². The van der Waals surface area contributed by atoms with Crippen LogP contribution in [0.25, 0.3) is 0 Å². The van der Waals surface area contributed by atoms with Crippen molar-refractivity contribution < 1.29 is 37.0 Å². The number of hydrazine groups is 1. The molecule has 2 aromatic rings. The summed E-state index contributed by atoms with van der Waals surface area (Å²) in [6, 6.07) is 8.93. The van der Waals surface area contributed by atoms with Crippen molar-refractivity contribution in [2.45, 2.75) is 17.7 Å². The normalized spacial score (nSPS) is 14.4. The molecule has 0 aromatic heterocycles. The zero-order chi connectivity index (χ0) is 22.6. The second kappa shape index (κ2) is 9.32. The Labute approximate surface area is 184 Å². The first kappa shape index (κ1) is 21.7. The summed E-state index contributed by atoms with van der Waals surface area (Å²) in [4.78, 5) is 24.1. The number of fused-ring (bicyclic) bond motifs is 2. The van der Waals surface area contributed by atoms with Gasteiger partial charge in [0.15, 0.2) is 23.0 Å². The van der Waals surface area contributed by atoms with Gasteiger partial charge >= 0.3 is 0 Å². The number of hydrogen-bond acceptors (Lipinski definition) is 8. The summed E-state index contributed by atoms with van der Waals surface area (Å²) in [7, 11) is -3.86. The molecule has 2 amide bonds. The van der Waals surface area contributed by atoms with E-state index >= 15 is 0 Å². The van der Waals surface area contributed by atoms with Gasteiger partial charge in [0.2, 0.25) is 22.7 Å². The molecule has 0 aliphatic carbocycles. The predicted octanol–water partition coefficient (Wildman–Crippen LogP) is 0.706. The molecule has 12 heteroatoms. The molecule has 11 nitrogen and oxygen atoms in total. The predicted molar refractivity (Wildman–Crippen MR) is 110 cm³/mol. The van der Waals surface area contributed by atoms with Gasteiger partial charge in [0.25, 0.3) is 5.91 Å². The minimum atomic E-state index is -3.86. The standard InChI is InChI=1S/C20H21N3O8S/c24-19(22-23-20(25)13-2-4-16-17(10-13)31-12-30-16)6-7-21-32(26,27)14-3-5-15-18(11-14)29-9-1-8-28-15/h2-5,10-11,21H,1,6-9,12H2,(H,22,24)(H,23,25). The average Bonchev–Trinajstić information content (AvgIpc) is 3.13. The van der Waals surface area contributed by atoms with Crippen LogP contribution in [0.5, 0.6) is 23.0 Å². The van der Waals surface area contributed by atoms with Gasteiger partial charge in [-0.2, -0.15) is 0 Å². The molecule has 3 N–H and O–H groups in total. The summed E-state index contributed by atoms with van der Waals surface area (Å²) in [5.41, 5.74) is 4.78. The molecule has 0 radical (unpaired) electrons. The number of amides is 2. The number of carbonyl (C=O) groups excluding carboxylic acids is 2. The van der Waals surface area contributed by atoms with E-state index in [1.54, 1.807) is 6.07 Å². The largest absolute Gasteiger partial charge is 0.490 e. The molecule has 170 valence electrons. The topological polar surface area (TPSA) is 141 Å². The van der Waals surface area contributed by atoms with Gasteiger partial charge in [-0.3, -0.25) is 20.4 Å². The molecule has 0 bridgehead atoms. The van der Waals surface area contributed by atoms with Gasteiger partial charge in [0, 0.05) is 31.0 Å². The molecule has 2 heterocycles. The van der Waals surface area contributed by atoms with Crippen LogP contribution >= 0.6 is 0 Å². The number of sulfonamides is 1. The molecule has 4 rings (SSSR count). The Hall–Kier alpha value is -3.51.